The highest BCUT2D eigenvalue weighted by Crippen LogP contribution is 2.34. The Balaban J connectivity index is 2.27. The smallest absolute Gasteiger partial charge is 0.399 e. The molecule has 0 aliphatic rings. The van der Waals surface area contributed by atoms with E-state index in [1.807, 2.05) is 45.1 Å². The van der Waals surface area contributed by atoms with Crippen LogP contribution in [0.5, 0.6) is 0 Å². The molecule has 7 heteroatoms. The van der Waals surface area contributed by atoms with E-state index in [1.165, 1.54) is 6.07 Å². The van der Waals surface area contributed by atoms with Gasteiger partial charge < -0.3 is 9.73 Å². The number of aromatic nitrogens is 2. The van der Waals surface area contributed by atoms with Gasteiger partial charge >= 0.3 is 5.88 Å². The Morgan fingerprint density at radius 2 is 1.96 bits per heavy atom. The van der Waals surface area contributed by atoms with E-state index in [1.54, 1.807) is 6.07 Å². The van der Waals surface area contributed by atoms with Gasteiger partial charge in [0.15, 0.2) is 5.76 Å². The summed E-state index contributed by atoms with van der Waals surface area (Å²) in [5, 5.41) is 14.3. The minimum atomic E-state index is -0.550. The van der Waals surface area contributed by atoms with Gasteiger partial charge in [-0.05, 0) is 58.4 Å². The molecular formula is C17H20N4O3. The molecule has 0 amide bonds. The van der Waals surface area contributed by atoms with Crippen LogP contribution in [-0.4, -0.2) is 19.8 Å². The van der Waals surface area contributed by atoms with Gasteiger partial charge in [-0.3, -0.25) is 14.5 Å². The second kappa shape index (κ2) is 5.36. The molecule has 0 unspecified atom stereocenters. The number of nitrogens with one attached hydrogen (secondary N) is 1. The molecule has 0 aromatic carbocycles. The first kappa shape index (κ1) is 16.0. The number of hydrogen-bond acceptors (Lipinski definition) is 5. The summed E-state index contributed by atoms with van der Waals surface area (Å²) in [6, 6.07) is 6.97. The van der Waals surface area contributed by atoms with Gasteiger partial charge in [0, 0.05) is 11.2 Å². The molecule has 3 heterocycles. The predicted molar refractivity (Wildman–Crippen MR) is 92.4 cm³/mol. The first-order valence-electron chi connectivity index (χ1n) is 7.68. The minimum Gasteiger partial charge on any atom is -0.399 e. The molecule has 7 nitrogen and oxygen atoms in total. The van der Waals surface area contributed by atoms with Crippen molar-refractivity contribution < 1.29 is 9.34 Å². The van der Waals surface area contributed by atoms with Crippen molar-refractivity contribution in [2.45, 2.75) is 40.2 Å². The standard InChI is InChI=1S/C17H20N4O3/c1-10-8-11(2)20-13(9-10)18-15(16(20)19-17(3,4)5)12-6-7-14(24-12)21(22)23/h6-9,19H,1-5H3. The van der Waals surface area contributed by atoms with Crippen molar-refractivity contribution in [1.29, 1.82) is 0 Å². The maximum Gasteiger partial charge on any atom is 0.433 e. The maximum absolute atomic E-state index is 10.9. The molecule has 0 spiro atoms. The van der Waals surface area contributed by atoms with Gasteiger partial charge in [0.1, 0.15) is 22.1 Å². The lowest BCUT2D eigenvalue weighted by Gasteiger charge is -2.22. The van der Waals surface area contributed by atoms with Crippen LogP contribution in [-0.2, 0) is 0 Å². The fraction of sp³-hybridized carbons (Fsp3) is 0.353. The van der Waals surface area contributed by atoms with Crippen molar-refractivity contribution in [3.8, 4) is 11.5 Å². The van der Waals surface area contributed by atoms with E-state index in [0.29, 0.717) is 11.5 Å². The molecule has 0 saturated carbocycles. The van der Waals surface area contributed by atoms with Gasteiger partial charge in [-0.15, -0.1) is 0 Å². The van der Waals surface area contributed by atoms with Crippen LogP contribution < -0.4 is 5.32 Å². The van der Waals surface area contributed by atoms with Crippen LogP contribution in [0.1, 0.15) is 32.0 Å². The van der Waals surface area contributed by atoms with Gasteiger partial charge in [-0.25, -0.2) is 4.98 Å². The van der Waals surface area contributed by atoms with Crippen molar-refractivity contribution in [3.63, 3.8) is 0 Å². The van der Waals surface area contributed by atoms with Gasteiger partial charge in [0.25, 0.3) is 0 Å². The number of fused-ring (bicyclic) bond motifs is 1. The van der Waals surface area contributed by atoms with Crippen LogP contribution in [0.3, 0.4) is 0 Å². The number of nitrogens with zero attached hydrogens (tertiary/aromatic N) is 3. The molecule has 0 saturated heterocycles. The van der Waals surface area contributed by atoms with Crippen LogP contribution in [0.4, 0.5) is 11.7 Å². The summed E-state index contributed by atoms with van der Waals surface area (Å²) in [5.74, 6) is 0.838. The highest BCUT2D eigenvalue weighted by Gasteiger charge is 2.24. The van der Waals surface area contributed by atoms with Crippen LogP contribution in [0.25, 0.3) is 17.1 Å². The molecule has 3 aromatic heterocycles. The van der Waals surface area contributed by atoms with Gasteiger partial charge in [-0.1, -0.05) is 0 Å². The number of aryl methyl sites for hydroxylation is 2. The third-order valence-corrected chi connectivity index (χ3v) is 3.55. The van der Waals surface area contributed by atoms with Gasteiger partial charge in [-0.2, -0.15) is 0 Å². The third-order valence-electron chi connectivity index (χ3n) is 3.55. The van der Waals surface area contributed by atoms with E-state index in [2.05, 4.69) is 16.4 Å². The summed E-state index contributed by atoms with van der Waals surface area (Å²) in [7, 11) is 0. The van der Waals surface area contributed by atoms with E-state index >= 15 is 0 Å². The molecule has 3 rings (SSSR count). The molecule has 0 fully saturated rings. The summed E-state index contributed by atoms with van der Waals surface area (Å²) >= 11 is 0. The maximum atomic E-state index is 10.9. The summed E-state index contributed by atoms with van der Waals surface area (Å²) in [6.45, 7) is 10.2. The highest BCUT2D eigenvalue weighted by molar-refractivity contribution is 5.75. The van der Waals surface area contributed by atoms with Gasteiger partial charge in [0.05, 0.1) is 6.07 Å². The molecule has 0 aliphatic carbocycles. The first-order chi connectivity index (χ1) is 11.2. The van der Waals surface area contributed by atoms with Crippen molar-refractivity contribution in [2.75, 3.05) is 5.32 Å². The van der Waals surface area contributed by atoms with E-state index in [9.17, 15) is 10.1 Å². The van der Waals surface area contributed by atoms with Crippen LogP contribution in [0, 0.1) is 24.0 Å². The molecule has 0 atom stereocenters. The number of imidazole rings is 1. The van der Waals surface area contributed by atoms with Crippen molar-refractivity contribution in [2.24, 2.45) is 0 Å². The Morgan fingerprint density at radius 1 is 1.25 bits per heavy atom. The Morgan fingerprint density at radius 3 is 2.54 bits per heavy atom. The normalized spacial score (nSPS) is 11.9. The number of pyridine rings is 1. The molecule has 0 bridgehead atoms. The van der Waals surface area contributed by atoms with Crippen LogP contribution in [0.2, 0.25) is 0 Å². The zero-order chi connectivity index (χ0) is 17.6. The second-order valence-corrected chi connectivity index (χ2v) is 6.95. The summed E-state index contributed by atoms with van der Waals surface area (Å²) in [6.07, 6.45) is 0. The minimum absolute atomic E-state index is 0.208. The molecular weight excluding hydrogens is 308 g/mol. The van der Waals surface area contributed by atoms with Crippen LogP contribution >= 0.6 is 0 Å². The lowest BCUT2D eigenvalue weighted by atomic mass is 10.1. The largest absolute Gasteiger partial charge is 0.433 e. The molecule has 0 radical (unpaired) electrons. The first-order valence-corrected chi connectivity index (χ1v) is 7.68. The van der Waals surface area contributed by atoms with Crippen molar-refractivity contribution in [3.05, 3.63) is 45.6 Å². The van der Waals surface area contributed by atoms with Crippen molar-refractivity contribution in [1.82, 2.24) is 9.38 Å². The molecule has 0 aliphatic heterocycles. The zero-order valence-corrected chi connectivity index (χ0v) is 14.4. The monoisotopic (exact) mass is 328 g/mol. The highest BCUT2D eigenvalue weighted by atomic mass is 16.6. The Bertz CT molecular complexity index is 931. The Hall–Kier alpha value is -2.83. The lowest BCUT2D eigenvalue weighted by molar-refractivity contribution is -0.401. The average molecular weight is 328 g/mol. The summed E-state index contributed by atoms with van der Waals surface area (Å²) < 4.78 is 7.37. The fourth-order valence-corrected chi connectivity index (χ4v) is 2.73. The molecule has 126 valence electrons. The molecule has 24 heavy (non-hydrogen) atoms. The topological polar surface area (TPSA) is 85.6 Å². The lowest BCUT2D eigenvalue weighted by Crippen LogP contribution is -2.27. The van der Waals surface area contributed by atoms with Crippen molar-refractivity contribution >= 4 is 17.3 Å². The van der Waals surface area contributed by atoms with Crippen LogP contribution in [0.15, 0.2) is 28.7 Å². The quantitative estimate of drug-likeness (QED) is 0.571. The van der Waals surface area contributed by atoms with E-state index in [0.717, 1.165) is 22.7 Å². The number of anilines is 1. The predicted octanol–water partition coefficient (Wildman–Crippen LogP) is 4.33. The van der Waals surface area contributed by atoms with E-state index in [4.69, 9.17) is 4.42 Å². The molecule has 1 N–H and O–H groups in total. The average Bonchev–Trinajstić information content (AvgIpc) is 3.01. The SMILES string of the molecule is Cc1cc(C)n2c(NC(C)(C)C)c(-c3ccc([N+](=O)[O-])o3)nc2c1. The number of nitro groups is 1. The summed E-state index contributed by atoms with van der Waals surface area (Å²) in [5.41, 5.74) is 3.25. The summed E-state index contributed by atoms with van der Waals surface area (Å²) in [4.78, 5) is 15.0. The Kier molecular flexibility index (Phi) is 3.59. The molecule has 3 aromatic rings. The van der Waals surface area contributed by atoms with E-state index in [-0.39, 0.29) is 11.4 Å². The number of furan rings is 1. The van der Waals surface area contributed by atoms with Gasteiger partial charge in [0.2, 0.25) is 0 Å². The van der Waals surface area contributed by atoms with E-state index < -0.39 is 4.92 Å². The fourth-order valence-electron chi connectivity index (χ4n) is 2.73. The number of rotatable bonds is 3. The Labute approximate surface area is 139 Å². The zero-order valence-electron chi connectivity index (χ0n) is 14.4. The third kappa shape index (κ3) is 2.84. The second-order valence-electron chi connectivity index (χ2n) is 6.95. The number of hydrogen-bond donors (Lipinski definition) is 1.